The van der Waals surface area contributed by atoms with Gasteiger partial charge >= 0.3 is 0 Å². The molecule has 2 rings (SSSR count). The zero-order chi connectivity index (χ0) is 10.1. The predicted molar refractivity (Wildman–Crippen MR) is 57.3 cm³/mol. The van der Waals surface area contributed by atoms with Gasteiger partial charge in [-0.05, 0) is 17.5 Å². The maximum atomic E-state index is 11.7. The lowest BCUT2D eigenvalue weighted by Crippen LogP contribution is -2.18. The molecular weight excluding hydrogens is 174 g/mol. The quantitative estimate of drug-likeness (QED) is 0.761. The number of amides is 1. The number of hydrogen-bond donors (Lipinski definition) is 1. The Morgan fingerprint density at radius 3 is 2.86 bits per heavy atom. The van der Waals surface area contributed by atoms with E-state index in [0.717, 1.165) is 17.7 Å². The lowest BCUT2D eigenvalue weighted by Gasteiger charge is -2.15. The summed E-state index contributed by atoms with van der Waals surface area (Å²) in [5, 5.41) is 2.92. The van der Waals surface area contributed by atoms with Crippen LogP contribution in [0.2, 0.25) is 0 Å². The number of carbonyl (C=O) groups excluding carboxylic acids is 1. The zero-order valence-electron chi connectivity index (χ0n) is 8.58. The second kappa shape index (κ2) is 3.45. The molecule has 1 aromatic rings. The highest BCUT2D eigenvalue weighted by Crippen LogP contribution is 2.37. The van der Waals surface area contributed by atoms with Crippen molar-refractivity contribution in [2.24, 2.45) is 5.92 Å². The number of rotatable bonds is 2. The van der Waals surface area contributed by atoms with Crippen LogP contribution in [0, 0.1) is 5.92 Å². The van der Waals surface area contributed by atoms with E-state index in [2.05, 4.69) is 19.2 Å². The summed E-state index contributed by atoms with van der Waals surface area (Å²) >= 11 is 0. The van der Waals surface area contributed by atoms with Crippen LogP contribution in [0.4, 0.5) is 5.69 Å². The van der Waals surface area contributed by atoms with Crippen LogP contribution in [0.3, 0.4) is 0 Å². The average Bonchev–Trinajstić information content (AvgIpc) is 2.53. The molecule has 0 fully saturated rings. The lowest BCUT2D eigenvalue weighted by molar-refractivity contribution is -0.118. The van der Waals surface area contributed by atoms with Crippen molar-refractivity contribution in [1.29, 1.82) is 0 Å². The molecule has 1 amide bonds. The molecule has 2 unspecified atom stereocenters. The van der Waals surface area contributed by atoms with E-state index in [1.807, 2.05) is 24.3 Å². The summed E-state index contributed by atoms with van der Waals surface area (Å²) in [6.45, 7) is 4.26. The van der Waals surface area contributed by atoms with Crippen molar-refractivity contribution in [2.45, 2.75) is 26.2 Å². The summed E-state index contributed by atoms with van der Waals surface area (Å²) in [6, 6.07) is 7.96. The molecule has 14 heavy (non-hydrogen) atoms. The summed E-state index contributed by atoms with van der Waals surface area (Å²) in [4.78, 5) is 11.7. The Labute approximate surface area is 84.3 Å². The fraction of sp³-hybridized carbons (Fsp3) is 0.417. The van der Waals surface area contributed by atoms with E-state index in [9.17, 15) is 4.79 Å². The molecule has 0 spiro atoms. The Morgan fingerprint density at radius 2 is 2.14 bits per heavy atom. The second-order valence-corrected chi connectivity index (χ2v) is 3.94. The Balaban J connectivity index is 2.39. The maximum Gasteiger partial charge on any atom is 0.232 e. The number of benzene rings is 1. The predicted octanol–water partition coefficient (Wildman–Crippen LogP) is 2.77. The molecule has 0 aromatic heterocycles. The largest absolute Gasteiger partial charge is 0.325 e. The molecule has 74 valence electrons. The van der Waals surface area contributed by atoms with Crippen molar-refractivity contribution < 1.29 is 4.79 Å². The van der Waals surface area contributed by atoms with Gasteiger partial charge < -0.3 is 5.32 Å². The third kappa shape index (κ3) is 1.31. The number of anilines is 1. The van der Waals surface area contributed by atoms with Crippen LogP contribution >= 0.6 is 0 Å². The van der Waals surface area contributed by atoms with Gasteiger partial charge in [0.05, 0.1) is 5.92 Å². The molecular formula is C12H15NO. The number of hydrogen-bond acceptors (Lipinski definition) is 1. The van der Waals surface area contributed by atoms with Crippen LogP contribution < -0.4 is 5.32 Å². The summed E-state index contributed by atoms with van der Waals surface area (Å²) in [6.07, 6.45) is 1.03. The van der Waals surface area contributed by atoms with Crippen molar-refractivity contribution in [3.8, 4) is 0 Å². The van der Waals surface area contributed by atoms with E-state index in [1.54, 1.807) is 0 Å². The maximum absolute atomic E-state index is 11.7. The molecule has 1 heterocycles. The molecule has 0 radical (unpaired) electrons. The minimum atomic E-state index is 0.0520. The highest BCUT2D eigenvalue weighted by Gasteiger charge is 2.33. The van der Waals surface area contributed by atoms with Gasteiger partial charge in [0.15, 0.2) is 0 Å². The monoisotopic (exact) mass is 189 g/mol. The first-order chi connectivity index (χ1) is 6.74. The summed E-state index contributed by atoms with van der Waals surface area (Å²) < 4.78 is 0. The number of para-hydroxylation sites is 1. The summed E-state index contributed by atoms with van der Waals surface area (Å²) in [5.74, 6) is 0.621. The van der Waals surface area contributed by atoms with E-state index in [0.29, 0.717) is 5.92 Å². The van der Waals surface area contributed by atoms with Gasteiger partial charge in [-0.2, -0.15) is 0 Å². The third-order valence-corrected chi connectivity index (χ3v) is 3.05. The van der Waals surface area contributed by atoms with E-state index in [-0.39, 0.29) is 11.8 Å². The minimum absolute atomic E-state index is 0.0520. The number of carbonyl (C=O) groups is 1. The van der Waals surface area contributed by atoms with Crippen LogP contribution in [0.25, 0.3) is 0 Å². The van der Waals surface area contributed by atoms with E-state index < -0.39 is 0 Å². The van der Waals surface area contributed by atoms with E-state index >= 15 is 0 Å². The van der Waals surface area contributed by atoms with Crippen LogP contribution in [0.5, 0.6) is 0 Å². The summed E-state index contributed by atoms with van der Waals surface area (Å²) in [7, 11) is 0. The van der Waals surface area contributed by atoms with Crippen molar-refractivity contribution in [3.63, 3.8) is 0 Å². The van der Waals surface area contributed by atoms with Gasteiger partial charge in [-0.3, -0.25) is 4.79 Å². The van der Waals surface area contributed by atoms with Crippen LogP contribution in [0.15, 0.2) is 24.3 Å². The van der Waals surface area contributed by atoms with Crippen molar-refractivity contribution >= 4 is 11.6 Å². The molecule has 0 bridgehead atoms. The second-order valence-electron chi connectivity index (χ2n) is 3.94. The van der Waals surface area contributed by atoms with Gasteiger partial charge in [0, 0.05) is 5.69 Å². The van der Waals surface area contributed by atoms with Crippen LogP contribution in [-0.2, 0) is 4.79 Å². The highest BCUT2D eigenvalue weighted by atomic mass is 16.2. The lowest BCUT2D eigenvalue weighted by atomic mass is 9.87. The Hall–Kier alpha value is -1.31. The SMILES string of the molecule is CCC(C)C1C(=O)Nc2ccccc21. The fourth-order valence-electron chi connectivity index (χ4n) is 2.03. The Bertz CT molecular complexity index is 359. The smallest absolute Gasteiger partial charge is 0.232 e. The van der Waals surface area contributed by atoms with Crippen molar-refractivity contribution in [2.75, 3.05) is 5.32 Å². The first-order valence-corrected chi connectivity index (χ1v) is 5.13. The Kier molecular flexibility index (Phi) is 2.28. The summed E-state index contributed by atoms with van der Waals surface area (Å²) in [5.41, 5.74) is 2.15. The van der Waals surface area contributed by atoms with E-state index in [1.165, 1.54) is 0 Å². The van der Waals surface area contributed by atoms with E-state index in [4.69, 9.17) is 0 Å². The van der Waals surface area contributed by atoms with Gasteiger partial charge in [-0.15, -0.1) is 0 Å². The molecule has 2 heteroatoms. The zero-order valence-corrected chi connectivity index (χ0v) is 8.58. The van der Waals surface area contributed by atoms with Crippen LogP contribution in [0.1, 0.15) is 31.7 Å². The normalized spacial score (nSPS) is 21.6. The third-order valence-electron chi connectivity index (χ3n) is 3.05. The van der Waals surface area contributed by atoms with Crippen LogP contribution in [-0.4, -0.2) is 5.91 Å². The topological polar surface area (TPSA) is 29.1 Å². The molecule has 1 N–H and O–H groups in total. The molecule has 2 atom stereocenters. The average molecular weight is 189 g/mol. The molecule has 1 aromatic carbocycles. The van der Waals surface area contributed by atoms with Gasteiger partial charge in [-0.1, -0.05) is 38.5 Å². The molecule has 1 aliphatic heterocycles. The van der Waals surface area contributed by atoms with Gasteiger partial charge in [0.1, 0.15) is 0 Å². The highest BCUT2D eigenvalue weighted by molar-refractivity contribution is 6.03. The van der Waals surface area contributed by atoms with Gasteiger partial charge in [-0.25, -0.2) is 0 Å². The molecule has 0 saturated carbocycles. The Morgan fingerprint density at radius 1 is 1.43 bits per heavy atom. The molecule has 1 aliphatic rings. The standard InChI is InChI=1S/C12H15NO/c1-3-8(2)11-9-6-4-5-7-10(9)13-12(11)14/h4-8,11H,3H2,1-2H3,(H,13,14). The van der Waals surface area contributed by atoms with Crippen molar-refractivity contribution in [3.05, 3.63) is 29.8 Å². The number of nitrogens with one attached hydrogen (secondary N) is 1. The molecule has 0 aliphatic carbocycles. The minimum Gasteiger partial charge on any atom is -0.325 e. The van der Waals surface area contributed by atoms with Crippen molar-refractivity contribution in [1.82, 2.24) is 0 Å². The number of fused-ring (bicyclic) bond motifs is 1. The molecule has 0 saturated heterocycles. The molecule has 2 nitrogen and oxygen atoms in total. The fourth-order valence-corrected chi connectivity index (χ4v) is 2.03. The van der Waals surface area contributed by atoms with Gasteiger partial charge in [0.25, 0.3) is 0 Å². The van der Waals surface area contributed by atoms with Gasteiger partial charge in [0.2, 0.25) is 5.91 Å². The first kappa shape index (κ1) is 9.25. The first-order valence-electron chi connectivity index (χ1n) is 5.13.